The molecule has 6 aromatic rings. The molecule has 0 spiro atoms. The molecule has 0 bridgehead atoms. The van der Waals surface area contributed by atoms with Crippen molar-refractivity contribution in [3.05, 3.63) is 121 Å². The minimum atomic E-state index is -0.189. The van der Waals surface area contributed by atoms with Gasteiger partial charge in [-0.15, -0.1) is 5.11 Å². The minimum Gasteiger partial charge on any atom is -0.691 e. The van der Waals surface area contributed by atoms with Gasteiger partial charge in [-0.05, 0) is 127 Å². The maximum Gasteiger partial charge on any atom is 1.00 e. The standard InChI is InChI=1S/C34H25N9O7S2.2Na/c35-22-1-3-23(4-2-22)40-42-29-15-18-31-21(19-29)20-32(52-50-48-46)33(34(31)44)43-41-27-11-9-26(10-12-27)37-36-24-5-7-25(8-6-24)38-39-28-13-16-30(17-14-28)51-49-47-45;;/h1-20,44-46H,35H2;;/q;2*+1/p-2. The average molecular weight is 780 g/mol. The SMILES string of the molecule is Nc1ccc(N=Nc2ccc3c(O)c(N=Nc4ccc(N=Nc5ccc(N=Nc6ccc(SOO[O-])cc6)cc5)cc4)c(SOO[O-])cc3c2)cc1.[Na+].[Na+]. The largest absolute Gasteiger partial charge is 1.00 e. The second kappa shape index (κ2) is 21.8. The molecule has 0 atom stereocenters. The molecule has 0 saturated carbocycles. The zero-order valence-corrected chi connectivity index (χ0v) is 34.0. The number of benzene rings is 6. The van der Waals surface area contributed by atoms with Crippen LogP contribution in [0.2, 0.25) is 0 Å². The number of phenolic OH excluding ortho intramolecular Hbond substituents is 1. The van der Waals surface area contributed by atoms with Crippen LogP contribution in [-0.2, 0) is 18.7 Å². The Morgan fingerprint density at radius 2 is 0.870 bits per heavy atom. The van der Waals surface area contributed by atoms with Crippen LogP contribution in [0.15, 0.2) is 172 Å². The summed E-state index contributed by atoms with van der Waals surface area (Å²) in [5.74, 6) is -0.189. The van der Waals surface area contributed by atoms with E-state index in [1.165, 1.54) is 0 Å². The number of rotatable bonds is 14. The zero-order chi connectivity index (χ0) is 36.1. The summed E-state index contributed by atoms with van der Waals surface area (Å²) in [4.78, 5) is 0.937. The first-order valence-corrected chi connectivity index (χ1v) is 16.3. The first-order chi connectivity index (χ1) is 25.5. The number of nitrogens with zero attached hydrogens (tertiary/aromatic N) is 8. The molecule has 20 heteroatoms. The van der Waals surface area contributed by atoms with Crippen molar-refractivity contribution in [3.63, 3.8) is 0 Å². The number of hydrogen-bond acceptors (Lipinski definition) is 18. The summed E-state index contributed by atoms with van der Waals surface area (Å²) in [6, 6.07) is 34.3. The van der Waals surface area contributed by atoms with E-state index in [0.717, 1.165) is 12.0 Å². The molecule has 0 aliphatic heterocycles. The molecule has 0 amide bonds. The molecule has 0 heterocycles. The summed E-state index contributed by atoms with van der Waals surface area (Å²) in [5.41, 5.74) is 10.4. The van der Waals surface area contributed by atoms with Crippen molar-refractivity contribution >= 4 is 86.0 Å². The minimum absolute atomic E-state index is 0. The quantitative estimate of drug-likeness (QED) is 0.0399. The number of phenols is 1. The Labute approximate surface area is 360 Å². The third-order valence-electron chi connectivity index (χ3n) is 6.88. The smallest absolute Gasteiger partial charge is 0.691 e. The van der Waals surface area contributed by atoms with Crippen LogP contribution in [0.5, 0.6) is 5.75 Å². The Morgan fingerprint density at radius 3 is 1.35 bits per heavy atom. The van der Waals surface area contributed by atoms with Crippen LogP contribution in [0, 0.1) is 0 Å². The van der Waals surface area contributed by atoms with Gasteiger partial charge in [-0.25, -0.2) is 0 Å². The Hall–Kier alpha value is -3.96. The second-order valence-electron chi connectivity index (χ2n) is 10.3. The van der Waals surface area contributed by atoms with E-state index in [1.54, 1.807) is 121 Å². The molecule has 0 unspecified atom stereocenters. The maximum absolute atomic E-state index is 11.1. The van der Waals surface area contributed by atoms with E-state index < -0.39 is 0 Å². The maximum atomic E-state index is 11.1. The first kappa shape index (κ1) is 42.8. The van der Waals surface area contributed by atoms with Crippen molar-refractivity contribution in [1.29, 1.82) is 0 Å². The molecule has 260 valence electrons. The second-order valence-corrected chi connectivity index (χ2v) is 11.9. The van der Waals surface area contributed by atoms with Crippen LogP contribution in [0.3, 0.4) is 0 Å². The van der Waals surface area contributed by atoms with Gasteiger partial charge in [0, 0.05) is 16.0 Å². The van der Waals surface area contributed by atoms with Crippen molar-refractivity contribution < 1.29 is 93.5 Å². The molecule has 54 heavy (non-hydrogen) atoms. The Balaban J connectivity index is 0.00000325. The Morgan fingerprint density at radius 1 is 0.481 bits per heavy atom. The number of fused-ring (bicyclic) bond motifs is 1. The summed E-state index contributed by atoms with van der Waals surface area (Å²) < 4.78 is 8.82. The summed E-state index contributed by atoms with van der Waals surface area (Å²) >= 11 is 1.36. The number of azo groups is 4. The van der Waals surface area contributed by atoms with Crippen LogP contribution in [0.25, 0.3) is 10.8 Å². The summed E-state index contributed by atoms with van der Waals surface area (Å²) in [6.45, 7) is 0. The van der Waals surface area contributed by atoms with Crippen molar-refractivity contribution in [2.24, 2.45) is 40.9 Å². The summed E-state index contributed by atoms with van der Waals surface area (Å²) in [6.07, 6.45) is 0. The molecule has 0 aromatic heterocycles. The fourth-order valence-corrected chi connectivity index (χ4v) is 5.25. The van der Waals surface area contributed by atoms with Gasteiger partial charge in [0.2, 0.25) is 0 Å². The van der Waals surface area contributed by atoms with E-state index in [4.69, 9.17) is 5.73 Å². The number of hydrogen-bond donors (Lipinski definition) is 2. The molecule has 0 saturated heterocycles. The molecule has 0 aliphatic carbocycles. The molecular formula is C34H23N9Na2O7S2. The third kappa shape index (κ3) is 12.3. The predicted octanol–water partition coefficient (Wildman–Crippen LogP) is 4.26. The number of aromatic hydroxyl groups is 1. The van der Waals surface area contributed by atoms with Crippen LogP contribution in [0.4, 0.5) is 51.2 Å². The monoisotopic (exact) mass is 779 g/mol. The zero-order valence-electron chi connectivity index (χ0n) is 28.4. The van der Waals surface area contributed by atoms with Crippen LogP contribution < -0.4 is 75.4 Å². The van der Waals surface area contributed by atoms with Crippen molar-refractivity contribution in [3.8, 4) is 5.75 Å². The Bertz CT molecular complexity index is 2250. The number of nitrogen functional groups attached to an aromatic ring is 1. The van der Waals surface area contributed by atoms with E-state index in [1.807, 2.05) is 0 Å². The van der Waals surface area contributed by atoms with Gasteiger partial charge >= 0.3 is 59.1 Å². The van der Waals surface area contributed by atoms with Gasteiger partial charge in [0.05, 0.1) is 68.8 Å². The number of anilines is 1. The third-order valence-corrected chi connectivity index (χ3v) is 8.08. The Kier molecular flexibility index (Phi) is 17.3. The molecule has 0 aliphatic rings. The molecule has 16 nitrogen and oxygen atoms in total. The topological polar surface area (TPSA) is 228 Å². The summed E-state index contributed by atoms with van der Waals surface area (Å²) in [7, 11) is 0. The van der Waals surface area contributed by atoms with E-state index in [2.05, 4.69) is 59.7 Å². The van der Waals surface area contributed by atoms with Crippen LogP contribution in [-0.4, -0.2) is 5.11 Å². The van der Waals surface area contributed by atoms with E-state index >= 15 is 0 Å². The van der Waals surface area contributed by atoms with Crippen LogP contribution in [0.1, 0.15) is 0 Å². The van der Waals surface area contributed by atoms with Crippen molar-refractivity contribution in [1.82, 2.24) is 0 Å². The van der Waals surface area contributed by atoms with E-state index in [9.17, 15) is 15.6 Å². The van der Waals surface area contributed by atoms with Gasteiger partial charge in [-0.1, -0.05) is 0 Å². The van der Waals surface area contributed by atoms with Gasteiger partial charge < -0.3 is 21.4 Å². The molecule has 0 radical (unpaired) electrons. The van der Waals surface area contributed by atoms with E-state index in [0.29, 0.717) is 73.2 Å². The molecule has 0 fully saturated rings. The predicted molar refractivity (Wildman–Crippen MR) is 189 cm³/mol. The van der Waals surface area contributed by atoms with Gasteiger partial charge in [0.1, 0.15) is 5.69 Å². The molecule has 6 aromatic carbocycles. The van der Waals surface area contributed by atoms with Crippen molar-refractivity contribution in [2.75, 3.05) is 5.73 Å². The van der Waals surface area contributed by atoms with Gasteiger partial charge in [0.15, 0.2) is 5.75 Å². The van der Waals surface area contributed by atoms with Crippen LogP contribution >= 0.6 is 24.1 Å². The first-order valence-electron chi connectivity index (χ1n) is 14.9. The molecule has 3 N–H and O–H groups in total. The fraction of sp³-hybridized carbons (Fsp3) is 0. The van der Waals surface area contributed by atoms with Gasteiger partial charge in [-0.2, -0.15) is 44.5 Å². The van der Waals surface area contributed by atoms with E-state index in [-0.39, 0.29) is 75.4 Å². The fourth-order valence-electron chi connectivity index (χ4n) is 4.40. The molecule has 6 rings (SSSR count). The van der Waals surface area contributed by atoms with Gasteiger partial charge in [0.25, 0.3) is 0 Å². The van der Waals surface area contributed by atoms with Crippen molar-refractivity contribution in [2.45, 2.75) is 9.79 Å². The van der Waals surface area contributed by atoms with Gasteiger partial charge in [-0.3, -0.25) is 10.1 Å². The normalized spacial score (nSPS) is 11.5. The number of nitrogens with two attached hydrogens (primary N) is 1. The average Bonchev–Trinajstić information content (AvgIpc) is 3.18. The summed E-state index contributed by atoms with van der Waals surface area (Å²) in [5, 5.41) is 73.4. The molecular weight excluding hydrogens is 757 g/mol.